The molecule has 0 radical (unpaired) electrons. The molecule has 3 fully saturated rings. The Morgan fingerprint density at radius 3 is 1.14 bits per heavy atom. The van der Waals surface area contributed by atoms with Crippen molar-refractivity contribution < 1.29 is 117 Å². The van der Waals surface area contributed by atoms with Crippen LogP contribution in [0.3, 0.4) is 0 Å². The van der Waals surface area contributed by atoms with Gasteiger partial charge in [0.2, 0.25) is 0 Å². The van der Waals surface area contributed by atoms with Crippen molar-refractivity contribution in [1.82, 2.24) is 0 Å². The molecule has 0 aromatic carbocycles. The Kier molecular flexibility index (Phi) is 47.5. The van der Waals surface area contributed by atoms with E-state index in [4.69, 9.17) is 42.2 Å². The summed E-state index contributed by atoms with van der Waals surface area (Å²) in [4.78, 5) is 50.8. The van der Waals surface area contributed by atoms with Gasteiger partial charge in [0.1, 0.15) is 98.7 Å². The number of hydrogen-bond donors (Lipinski definition) is 11. The molecule has 0 aromatic rings. The van der Waals surface area contributed by atoms with Crippen LogP contribution in [0.25, 0.3) is 0 Å². The number of rotatable bonds is 55. The second-order valence-corrected chi connectivity index (χ2v) is 27.3. The Balaban J connectivity index is 1.76. The van der Waals surface area contributed by atoms with Crippen molar-refractivity contribution in [2.45, 2.75) is 362 Å². The number of carbonyl (C=O) groups is 3. The van der Waals surface area contributed by atoms with Gasteiger partial charge in [0.15, 0.2) is 18.7 Å². The summed E-state index contributed by atoms with van der Waals surface area (Å²) in [5.41, 5.74) is 0. The SMILES string of the molecule is CCCCCCCC/C=C\CCCCCC(=O)OCC(COP(=O)(O)OC1C(OC2OC(CO)C(O)C(O)C2O)C(O)C(O)C(O)C1OC1OC(COC(=O)CCCCC/C=C\CCCCCCCCC)C(O)C(O)C1O)OC(=O)CCCCC/C=C\CCCCCCCC. The van der Waals surface area contributed by atoms with Gasteiger partial charge < -0.3 is 89.1 Å². The molecule has 2 heterocycles. The van der Waals surface area contributed by atoms with E-state index in [0.717, 1.165) is 89.9 Å². The average Bonchev–Trinajstić information content (AvgIpc) is 0.768. The molecule has 0 spiro atoms. The second-order valence-electron chi connectivity index (χ2n) is 25.9. The minimum Gasteiger partial charge on any atom is -0.463 e. The first-order valence-corrected chi connectivity index (χ1v) is 37.8. The smallest absolute Gasteiger partial charge is 0.463 e. The molecule has 0 amide bonds. The molecule has 11 N–H and O–H groups in total. The van der Waals surface area contributed by atoms with Crippen LogP contribution in [0.1, 0.15) is 258 Å². The first-order valence-electron chi connectivity index (χ1n) is 36.3. The normalized spacial score (nSPS) is 28.3. The number of allylic oxidation sites excluding steroid dienone is 6. The molecule has 2 saturated heterocycles. The molecule has 0 aromatic heterocycles. The Labute approximate surface area is 566 Å². The maximum Gasteiger partial charge on any atom is 0.472 e. The van der Waals surface area contributed by atoms with E-state index in [9.17, 15) is 74.9 Å². The number of hydrogen-bond acceptors (Lipinski definition) is 23. The highest BCUT2D eigenvalue weighted by Gasteiger charge is 2.58. The highest BCUT2D eigenvalue weighted by Crippen LogP contribution is 2.49. The van der Waals surface area contributed by atoms with Gasteiger partial charge in [-0.1, -0.05) is 179 Å². The third-order valence-electron chi connectivity index (χ3n) is 17.6. The van der Waals surface area contributed by atoms with Crippen LogP contribution in [-0.2, 0) is 61.2 Å². The molecule has 554 valence electrons. The Morgan fingerprint density at radius 1 is 0.400 bits per heavy atom. The standard InChI is InChI=1S/C70H125O24P/c1-4-7-10-13-16-19-22-25-28-30-33-36-39-42-45-55(73)87-50-53-58(76)60(78)65(83)70(91-53)93-67-63(81)61(79)62(80)66(92-69-64(82)59(77)57(75)52(47-71)90-69)68(67)94-95(84,85)88-49-51(89-56(74)46-43-40-37-34-31-27-24-21-18-15-12-9-6-3)48-86-54(72)44-41-38-35-32-29-26-23-20-17-14-11-8-5-2/h26-31,51-53,57-71,75-83H,4-25,32-50H2,1-3H3,(H,84,85)/b29-26-,30-28-,31-27-. The van der Waals surface area contributed by atoms with Gasteiger partial charge in [0, 0.05) is 19.3 Å². The second kappa shape index (κ2) is 52.2. The van der Waals surface area contributed by atoms with Gasteiger partial charge in [0.05, 0.1) is 13.2 Å². The quantitative estimate of drug-likeness (QED) is 0.00888. The minimum atomic E-state index is -5.70. The van der Waals surface area contributed by atoms with E-state index in [1.54, 1.807) is 0 Å². The van der Waals surface area contributed by atoms with Crippen molar-refractivity contribution in [3.05, 3.63) is 36.5 Å². The summed E-state index contributed by atoms with van der Waals surface area (Å²) < 4.78 is 64.8. The summed E-state index contributed by atoms with van der Waals surface area (Å²) in [6.45, 7) is 3.35. The predicted octanol–water partition coefficient (Wildman–Crippen LogP) is 9.12. The third-order valence-corrected chi connectivity index (χ3v) is 18.6. The largest absolute Gasteiger partial charge is 0.472 e. The van der Waals surface area contributed by atoms with Crippen LogP contribution in [0.2, 0.25) is 0 Å². The van der Waals surface area contributed by atoms with Crippen molar-refractivity contribution in [3.8, 4) is 0 Å². The highest BCUT2D eigenvalue weighted by atomic mass is 31.2. The first-order chi connectivity index (χ1) is 45.8. The van der Waals surface area contributed by atoms with Crippen molar-refractivity contribution in [2.75, 3.05) is 26.4 Å². The average molecular weight is 1380 g/mol. The number of ether oxygens (including phenoxy) is 7. The Bertz CT molecular complexity index is 2120. The van der Waals surface area contributed by atoms with Gasteiger partial charge in [-0.05, 0) is 96.3 Å². The topological polar surface area (TPSA) is 374 Å². The number of aliphatic hydroxyl groups is 10. The molecule has 1 saturated carbocycles. The van der Waals surface area contributed by atoms with Crippen LogP contribution in [0, 0.1) is 0 Å². The van der Waals surface area contributed by atoms with E-state index in [1.807, 2.05) is 0 Å². The van der Waals surface area contributed by atoms with E-state index < -0.39 is 156 Å². The summed E-state index contributed by atoms with van der Waals surface area (Å²) in [5.74, 6) is -2.05. The molecule has 24 nitrogen and oxygen atoms in total. The fourth-order valence-electron chi connectivity index (χ4n) is 11.6. The summed E-state index contributed by atoms with van der Waals surface area (Å²) in [6.07, 6.45) is 12.4. The molecule has 0 bridgehead atoms. The number of phosphoric acid groups is 1. The molecular formula is C70H125O24P. The minimum absolute atomic E-state index is 0.00610. The molecule has 1 aliphatic carbocycles. The van der Waals surface area contributed by atoms with Gasteiger partial charge in [0.25, 0.3) is 0 Å². The maximum atomic E-state index is 14.3. The summed E-state index contributed by atoms with van der Waals surface area (Å²) in [6, 6.07) is 0. The van der Waals surface area contributed by atoms with E-state index in [0.29, 0.717) is 25.7 Å². The zero-order valence-corrected chi connectivity index (χ0v) is 58.3. The number of aliphatic hydroxyl groups excluding tert-OH is 10. The predicted molar refractivity (Wildman–Crippen MR) is 356 cm³/mol. The zero-order chi connectivity index (χ0) is 69.6. The van der Waals surface area contributed by atoms with Gasteiger partial charge in [-0.25, -0.2) is 4.57 Å². The van der Waals surface area contributed by atoms with E-state index in [1.165, 1.54) is 103 Å². The van der Waals surface area contributed by atoms with Crippen molar-refractivity contribution >= 4 is 25.7 Å². The molecule has 95 heavy (non-hydrogen) atoms. The van der Waals surface area contributed by atoms with Gasteiger partial charge in [-0.2, -0.15) is 0 Å². The lowest BCUT2D eigenvalue weighted by atomic mass is 9.84. The van der Waals surface area contributed by atoms with Crippen molar-refractivity contribution in [1.29, 1.82) is 0 Å². The van der Waals surface area contributed by atoms with Crippen LogP contribution in [0.4, 0.5) is 0 Å². The molecule has 18 unspecified atom stereocenters. The summed E-state index contributed by atoms with van der Waals surface area (Å²) in [7, 11) is -5.70. The summed E-state index contributed by atoms with van der Waals surface area (Å²) in [5, 5.41) is 110. The Morgan fingerprint density at radius 2 is 0.737 bits per heavy atom. The number of carbonyl (C=O) groups excluding carboxylic acids is 3. The van der Waals surface area contributed by atoms with Crippen LogP contribution in [-0.4, -0.2) is 204 Å². The van der Waals surface area contributed by atoms with Gasteiger partial charge in [-0.3, -0.25) is 23.4 Å². The lowest BCUT2D eigenvalue weighted by molar-refractivity contribution is -0.360. The molecular weight excluding hydrogens is 1260 g/mol. The number of esters is 3. The number of phosphoric ester groups is 1. The maximum absolute atomic E-state index is 14.3. The molecule has 3 rings (SSSR count). The fourth-order valence-corrected chi connectivity index (χ4v) is 12.6. The van der Waals surface area contributed by atoms with Crippen LogP contribution >= 0.6 is 7.82 Å². The number of unbranched alkanes of at least 4 members (excludes halogenated alkanes) is 28. The van der Waals surface area contributed by atoms with E-state index >= 15 is 0 Å². The van der Waals surface area contributed by atoms with E-state index in [-0.39, 0.29) is 19.3 Å². The van der Waals surface area contributed by atoms with Crippen molar-refractivity contribution in [2.24, 2.45) is 0 Å². The molecule has 25 heteroatoms. The van der Waals surface area contributed by atoms with Gasteiger partial charge in [-0.15, -0.1) is 0 Å². The Hall–Kier alpha value is -2.82. The lowest BCUT2D eigenvalue weighted by Crippen LogP contribution is -2.69. The fraction of sp³-hybridized carbons (Fsp3) is 0.871. The van der Waals surface area contributed by atoms with Crippen LogP contribution < -0.4 is 0 Å². The summed E-state index contributed by atoms with van der Waals surface area (Å²) >= 11 is 0. The highest BCUT2D eigenvalue weighted by molar-refractivity contribution is 7.47. The van der Waals surface area contributed by atoms with Crippen LogP contribution in [0.15, 0.2) is 36.5 Å². The van der Waals surface area contributed by atoms with E-state index in [2.05, 4.69) is 57.2 Å². The monoisotopic (exact) mass is 1380 g/mol. The van der Waals surface area contributed by atoms with Crippen LogP contribution in [0.5, 0.6) is 0 Å². The molecule has 3 aliphatic rings. The first kappa shape index (κ1) is 86.4. The zero-order valence-electron chi connectivity index (χ0n) is 57.4. The van der Waals surface area contributed by atoms with Crippen molar-refractivity contribution in [3.63, 3.8) is 0 Å². The molecule has 2 aliphatic heterocycles. The molecule has 18 atom stereocenters. The lowest BCUT2D eigenvalue weighted by Gasteiger charge is -2.49. The third kappa shape index (κ3) is 35.9. The van der Waals surface area contributed by atoms with Gasteiger partial charge >= 0.3 is 25.7 Å².